The van der Waals surface area contributed by atoms with Crippen molar-refractivity contribution in [1.82, 2.24) is 10.1 Å². The molecule has 0 spiro atoms. The van der Waals surface area contributed by atoms with Crippen LogP contribution in [-0.4, -0.2) is 10.1 Å². The SMILES string of the molecule is CC(C)CC12C3C4C1C1C2C3C41c1noc(=O)[nH]1. The summed E-state index contributed by atoms with van der Waals surface area (Å²) in [7, 11) is 0. The number of rotatable bonds is 3. The first-order valence-corrected chi connectivity index (χ1v) is 7.21. The molecule has 0 aromatic carbocycles. The van der Waals surface area contributed by atoms with Gasteiger partial charge in [-0.3, -0.25) is 9.51 Å². The van der Waals surface area contributed by atoms with Gasteiger partial charge in [0.25, 0.3) is 0 Å². The van der Waals surface area contributed by atoms with Gasteiger partial charge in [-0.05, 0) is 53.3 Å². The third-order valence-electron chi connectivity index (χ3n) is 7.45. The minimum Gasteiger partial charge on any atom is -0.296 e. The number of hydrogen-bond donors (Lipinski definition) is 1. The Morgan fingerprint density at radius 2 is 1.83 bits per heavy atom. The van der Waals surface area contributed by atoms with E-state index in [0.717, 1.165) is 52.7 Å². The summed E-state index contributed by atoms with van der Waals surface area (Å²) in [5, 5.41) is 4.00. The predicted octanol–water partition coefficient (Wildman–Crippen LogP) is 1.40. The zero-order valence-electron chi connectivity index (χ0n) is 10.5. The third kappa shape index (κ3) is 0.466. The lowest BCUT2D eigenvalue weighted by Gasteiger charge is -3.11. The Morgan fingerprint density at radius 1 is 1.22 bits per heavy atom. The van der Waals surface area contributed by atoms with Crippen LogP contribution in [0.3, 0.4) is 0 Å². The number of hydrogen-bond acceptors (Lipinski definition) is 3. The molecule has 1 N–H and O–H groups in total. The highest BCUT2D eigenvalue weighted by Gasteiger charge is 3.10. The molecule has 18 heavy (non-hydrogen) atoms. The molecular weight excluding hydrogens is 228 g/mol. The van der Waals surface area contributed by atoms with E-state index in [0.29, 0.717) is 0 Å². The molecule has 1 heterocycles. The highest BCUT2D eigenvalue weighted by atomic mass is 16.5. The molecule has 0 saturated heterocycles. The second kappa shape index (κ2) is 2.02. The molecule has 0 atom stereocenters. The molecule has 6 fully saturated rings. The third-order valence-corrected chi connectivity index (χ3v) is 7.45. The van der Waals surface area contributed by atoms with E-state index in [2.05, 4.69) is 24.0 Å². The van der Waals surface area contributed by atoms with E-state index in [1.54, 1.807) is 0 Å². The van der Waals surface area contributed by atoms with Gasteiger partial charge in [-0.15, -0.1) is 0 Å². The van der Waals surface area contributed by atoms with Crippen LogP contribution >= 0.6 is 0 Å². The minimum absolute atomic E-state index is 0.283. The van der Waals surface area contributed by atoms with Crippen molar-refractivity contribution in [3.8, 4) is 0 Å². The molecule has 6 saturated carbocycles. The average molecular weight is 244 g/mol. The van der Waals surface area contributed by atoms with E-state index in [9.17, 15) is 4.79 Å². The molecule has 94 valence electrons. The maximum atomic E-state index is 11.2. The number of nitrogens with one attached hydrogen (secondary N) is 1. The van der Waals surface area contributed by atoms with Crippen LogP contribution in [0, 0.1) is 46.8 Å². The standard InChI is InChI=1S/C14H16N2O2/c1-4(2)3-13-5-8-6(13)10-7(13)9(5)14(8,10)11-15-12(17)18-16-11/h4-10H,3H2,1-2H3,(H,15,16,17). The average Bonchev–Trinajstić information content (AvgIpc) is 2.76. The first-order chi connectivity index (χ1) is 8.65. The van der Waals surface area contributed by atoms with Gasteiger partial charge >= 0.3 is 5.76 Å². The summed E-state index contributed by atoms with van der Waals surface area (Å²) < 4.78 is 4.72. The summed E-state index contributed by atoms with van der Waals surface area (Å²) in [4.78, 5) is 14.0. The van der Waals surface area contributed by atoms with Crippen molar-refractivity contribution >= 4 is 0 Å². The summed E-state index contributed by atoms with van der Waals surface area (Å²) in [5.74, 6) is 6.79. The van der Waals surface area contributed by atoms with E-state index >= 15 is 0 Å². The molecule has 0 amide bonds. The van der Waals surface area contributed by atoms with E-state index < -0.39 is 0 Å². The minimum atomic E-state index is -0.379. The van der Waals surface area contributed by atoms with Crippen LogP contribution in [0.1, 0.15) is 26.1 Å². The Labute approximate surface area is 104 Å². The lowest BCUT2D eigenvalue weighted by Crippen LogP contribution is -3.11. The zero-order chi connectivity index (χ0) is 12.0. The maximum Gasteiger partial charge on any atom is 0.438 e. The molecular formula is C14H16N2O2. The normalized spacial score (nSPS) is 63.3. The summed E-state index contributed by atoms with van der Waals surface area (Å²) >= 11 is 0. The highest BCUT2D eigenvalue weighted by Crippen LogP contribution is 3.10. The largest absolute Gasteiger partial charge is 0.438 e. The van der Waals surface area contributed by atoms with Gasteiger partial charge in [-0.25, -0.2) is 4.79 Å². The first-order valence-electron chi connectivity index (χ1n) is 7.21. The Bertz CT molecular complexity index is 601. The van der Waals surface area contributed by atoms with Crippen molar-refractivity contribution in [2.75, 3.05) is 0 Å². The molecule has 1 aromatic rings. The van der Waals surface area contributed by atoms with Crippen molar-refractivity contribution < 1.29 is 4.52 Å². The Kier molecular flexibility index (Phi) is 1.00. The van der Waals surface area contributed by atoms with Crippen molar-refractivity contribution in [3.63, 3.8) is 0 Å². The topological polar surface area (TPSA) is 58.9 Å². The van der Waals surface area contributed by atoms with Gasteiger partial charge in [0.05, 0.1) is 0 Å². The van der Waals surface area contributed by atoms with Gasteiger partial charge in [0.2, 0.25) is 0 Å². The zero-order valence-corrected chi connectivity index (χ0v) is 10.5. The number of nitrogens with zero attached hydrogens (tertiary/aromatic N) is 1. The Balaban J connectivity index is 1.41. The molecule has 0 bridgehead atoms. The molecule has 0 aliphatic heterocycles. The molecule has 0 unspecified atom stereocenters. The van der Waals surface area contributed by atoms with Gasteiger partial charge in [0.1, 0.15) is 0 Å². The molecule has 0 radical (unpaired) electrons. The molecule has 6 aliphatic carbocycles. The number of H-pyrrole nitrogens is 1. The van der Waals surface area contributed by atoms with Gasteiger partial charge in [-0.1, -0.05) is 19.0 Å². The lowest BCUT2D eigenvalue weighted by molar-refractivity contribution is -0.632. The van der Waals surface area contributed by atoms with Crippen molar-refractivity contribution in [2.24, 2.45) is 46.8 Å². The number of aromatic nitrogens is 2. The van der Waals surface area contributed by atoms with Crippen LogP contribution in [0.15, 0.2) is 9.32 Å². The summed E-state index contributed by atoms with van der Waals surface area (Å²) in [5.41, 5.74) is 1.03. The highest BCUT2D eigenvalue weighted by molar-refractivity contribution is 5.60. The summed E-state index contributed by atoms with van der Waals surface area (Å²) in [6.07, 6.45) is 1.43. The molecule has 7 rings (SSSR count). The van der Waals surface area contributed by atoms with Gasteiger partial charge < -0.3 is 0 Å². The second-order valence-corrected chi connectivity index (χ2v) is 7.74. The van der Waals surface area contributed by atoms with Crippen LogP contribution in [0.5, 0.6) is 0 Å². The summed E-state index contributed by atoms with van der Waals surface area (Å²) in [6, 6.07) is 0. The van der Waals surface area contributed by atoms with Gasteiger partial charge in [0, 0.05) is 5.41 Å². The molecule has 1 aromatic heterocycles. The molecule has 4 heteroatoms. The van der Waals surface area contributed by atoms with E-state index in [1.807, 2.05) is 0 Å². The van der Waals surface area contributed by atoms with Crippen LogP contribution in [0.4, 0.5) is 0 Å². The smallest absolute Gasteiger partial charge is 0.296 e. The van der Waals surface area contributed by atoms with E-state index in [1.165, 1.54) is 6.42 Å². The van der Waals surface area contributed by atoms with Gasteiger partial charge in [-0.2, -0.15) is 0 Å². The van der Waals surface area contributed by atoms with Crippen LogP contribution in [0.25, 0.3) is 0 Å². The van der Waals surface area contributed by atoms with Crippen LogP contribution in [0.2, 0.25) is 0 Å². The Hall–Kier alpha value is -1.06. The fourth-order valence-corrected chi connectivity index (χ4v) is 7.76. The van der Waals surface area contributed by atoms with Crippen molar-refractivity contribution in [2.45, 2.75) is 25.7 Å². The Morgan fingerprint density at radius 3 is 2.28 bits per heavy atom. The second-order valence-electron chi connectivity index (χ2n) is 7.74. The molecule has 6 aliphatic rings. The van der Waals surface area contributed by atoms with E-state index in [-0.39, 0.29) is 11.2 Å². The van der Waals surface area contributed by atoms with Gasteiger partial charge in [0.15, 0.2) is 5.82 Å². The monoisotopic (exact) mass is 244 g/mol. The predicted molar refractivity (Wildman–Crippen MR) is 61.6 cm³/mol. The fourth-order valence-electron chi connectivity index (χ4n) is 7.76. The quantitative estimate of drug-likeness (QED) is 0.874. The number of aromatic amines is 1. The lowest BCUT2D eigenvalue weighted by atomic mass is 8.92. The van der Waals surface area contributed by atoms with Crippen molar-refractivity contribution in [3.05, 3.63) is 16.4 Å². The first kappa shape index (κ1) is 8.94. The fraction of sp³-hybridized carbons (Fsp3) is 0.857. The summed E-state index contributed by atoms with van der Waals surface area (Å²) in [6.45, 7) is 4.71. The van der Waals surface area contributed by atoms with Crippen molar-refractivity contribution in [1.29, 1.82) is 0 Å². The maximum absolute atomic E-state index is 11.2. The van der Waals surface area contributed by atoms with E-state index in [4.69, 9.17) is 4.52 Å². The van der Waals surface area contributed by atoms with Crippen LogP contribution < -0.4 is 5.76 Å². The van der Waals surface area contributed by atoms with Crippen LogP contribution in [-0.2, 0) is 5.41 Å². The molecule has 4 nitrogen and oxygen atoms in total.